The molecule has 1 aliphatic carbocycles. The Kier molecular flexibility index (Phi) is 30.9. The smallest absolute Gasteiger partial charge is 0.462 e. The molecule has 0 spiro atoms. The van der Waals surface area contributed by atoms with Gasteiger partial charge in [-0.2, -0.15) is 0 Å². The molecule has 1 saturated carbocycles. The zero-order valence-electron chi connectivity index (χ0n) is 34.2. The predicted octanol–water partition coefficient (Wildman–Crippen LogP) is 7.72. The van der Waals surface area contributed by atoms with E-state index in [0.29, 0.717) is 12.8 Å². The molecule has 0 radical (unpaired) electrons. The molecule has 55 heavy (non-hydrogen) atoms. The maximum atomic E-state index is 12.8. The maximum absolute atomic E-state index is 12.8. The average Bonchev–Trinajstić information content (AvgIpc) is 3.16. The number of phosphoric acid groups is 1. The van der Waals surface area contributed by atoms with E-state index in [9.17, 15) is 44.6 Å². The minimum Gasteiger partial charge on any atom is -0.462 e. The van der Waals surface area contributed by atoms with Crippen LogP contribution in [0.3, 0.4) is 0 Å². The van der Waals surface area contributed by atoms with Crippen LogP contribution in [-0.2, 0) is 32.7 Å². The number of hydrogen-bond acceptors (Lipinski definition) is 12. The second-order valence-corrected chi connectivity index (χ2v) is 17.0. The number of esters is 2. The molecule has 13 nitrogen and oxygen atoms in total. The van der Waals surface area contributed by atoms with Crippen molar-refractivity contribution in [2.45, 2.75) is 236 Å². The molecule has 8 atom stereocenters. The molecule has 3 unspecified atom stereocenters. The van der Waals surface area contributed by atoms with E-state index in [1.165, 1.54) is 116 Å². The number of ether oxygens (including phenoxy) is 2. The van der Waals surface area contributed by atoms with Crippen LogP contribution in [0.4, 0.5) is 0 Å². The van der Waals surface area contributed by atoms with Crippen molar-refractivity contribution in [3.63, 3.8) is 0 Å². The largest absolute Gasteiger partial charge is 0.472 e. The van der Waals surface area contributed by atoms with Crippen molar-refractivity contribution in [1.29, 1.82) is 0 Å². The normalized spacial score (nSPS) is 23.0. The van der Waals surface area contributed by atoms with Gasteiger partial charge < -0.3 is 39.9 Å². The predicted molar refractivity (Wildman–Crippen MR) is 212 cm³/mol. The third-order valence-corrected chi connectivity index (χ3v) is 11.4. The van der Waals surface area contributed by atoms with E-state index in [2.05, 4.69) is 13.8 Å². The van der Waals surface area contributed by atoms with E-state index in [-0.39, 0.29) is 12.8 Å². The molecular formula is C41H79O13P. The third-order valence-electron chi connectivity index (χ3n) is 10.4. The summed E-state index contributed by atoms with van der Waals surface area (Å²) in [5.41, 5.74) is 0. The van der Waals surface area contributed by atoms with Gasteiger partial charge in [0.1, 0.15) is 43.2 Å². The van der Waals surface area contributed by atoms with Crippen LogP contribution in [0.25, 0.3) is 0 Å². The molecular weight excluding hydrogens is 731 g/mol. The molecule has 0 aromatic rings. The van der Waals surface area contributed by atoms with Crippen LogP contribution in [-0.4, -0.2) is 98.3 Å². The van der Waals surface area contributed by atoms with Crippen LogP contribution < -0.4 is 0 Å². The summed E-state index contributed by atoms with van der Waals surface area (Å²) < 4.78 is 33.4. The van der Waals surface area contributed by atoms with Gasteiger partial charge in [0.2, 0.25) is 0 Å². The molecule has 1 aliphatic rings. The third kappa shape index (κ3) is 25.7. The summed E-state index contributed by atoms with van der Waals surface area (Å²) >= 11 is 0. The minimum atomic E-state index is -5.10. The molecule has 0 aromatic heterocycles. The number of carbonyl (C=O) groups is 2. The Hall–Kier alpha value is -1.15. The molecule has 0 aromatic carbocycles. The van der Waals surface area contributed by atoms with E-state index in [4.69, 9.17) is 18.5 Å². The van der Waals surface area contributed by atoms with E-state index >= 15 is 0 Å². The molecule has 0 bridgehead atoms. The second-order valence-electron chi connectivity index (χ2n) is 15.6. The van der Waals surface area contributed by atoms with Gasteiger partial charge >= 0.3 is 19.8 Å². The number of rotatable bonds is 36. The number of unbranched alkanes of at least 4 members (excludes halogenated alkanes) is 24. The highest BCUT2D eigenvalue weighted by atomic mass is 31.2. The summed E-state index contributed by atoms with van der Waals surface area (Å²) in [6.45, 7) is 3.29. The van der Waals surface area contributed by atoms with Crippen molar-refractivity contribution in [2.75, 3.05) is 13.2 Å². The maximum Gasteiger partial charge on any atom is 0.472 e. The fourth-order valence-corrected chi connectivity index (χ4v) is 7.85. The average molecular weight is 811 g/mol. The highest BCUT2D eigenvalue weighted by Crippen LogP contribution is 2.47. The van der Waals surface area contributed by atoms with Crippen LogP contribution in [0, 0.1) is 0 Å². The number of carbonyl (C=O) groups excluding carboxylic acids is 2. The lowest BCUT2D eigenvalue weighted by atomic mass is 9.85. The lowest BCUT2D eigenvalue weighted by Crippen LogP contribution is -2.64. The fourth-order valence-electron chi connectivity index (χ4n) is 6.88. The lowest BCUT2D eigenvalue weighted by Gasteiger charge is -2.41. The standard InChI is InChI=1S/C41H79O13P/c1-3-5-7-9-11-13-15-17-19-21-23-25-27-29-34(42)51-31-33(32-52-55(49,50)54-41-39(47)37(45)36(44)38(46)40(41)48)53-35(43)30-28-26-24-22-20-18-16-14-12-10-8-6-4-2/h33,36-41,44-48H,3-32H2,1-2H3,(H,49,50)/t33-,36?,37-,38+,39-,40+,41?/m1/s1. The summed E-state index contributed by atoms with van der Waals surface area (Å²) in [6, 6.07) is 0. The van der Waals surface area contributed by atoms with Crippen molar-refractivity contribution >= 4 is 19.8 Å². The Balaban J connectivity index is 2.48. The van der Waals surface area contributed by atoms with Crippen LogP contribution >= 0.6 is 7.82 Å². The van der Waals surface area contributed by atoms with Gasteiger partial charge in [-0.15, -0.1) is 0 Å². The monoisotopic (exact) mass is 811 g/mol. The highest BCUT2D eigenvalue weighted by molar-refractivity contribution is 7.47. The Morgan fingerprint density at radius 1 is 0.491 bits per heavy atom. The number of aliphatic hydroxyl groups excluding tert-OH is 5. The van der Waals surface area contributed by atoms with Crippen LogP contribution in [0.15, 0.2) is 0 Å². The summed E-state index contributed by atoms with van der Waals surface area (Å²) in [6.07, 6.45) is 17.3. The van der Waals surface area contributed by atoms with Gasteiger partial charge in [0.15, 0.2) is 6.10 Å². The topological polar surface area (TPSA) is 210 Å². The summed E-state index contributed by atoms with van der Waals surface area (Å²) in [4.78, 5) is 35.6. The first-order chi connectivity index (χ1) is 26.4. The Labute approximate surface area is 331 Å². The fraction of sp³-hybridized carbons (Fsp3) is 0.951. The Morgan fingerprint density at radius 3 is 1.20 bits per heavy atom. The SMILES string of the molecule is CCCCCCCCCCCCCCCC(=O)OC[C@H](COP(=O)(O)OC1[C@@H](O)[C@@H](O)C(O)[C@@H](O)[C@H]1O)OC(=O)CCCCCCCCCCCCCCC. The van der Waals surface area contributed by atoms with Crippen molar-refractivity contribution in [3.05, 3.63) is 0 Å². The van der Waals surface area contributed by atoms with E-state index in [1.54, 1.807) is 0 Å². The molecule has 14 heteroatoms. The van der Waals surface area contributed by atoms with Gasteiger partial charge in [-0.1, -0.05) is 168 Å². The lowest BCUT2D eigenvalue weighted by molar-refractivity contribution is -0.220. The summed E-state index contributed by atoms with van der Waals surface area (Å²) in [5.74, 6) is -1.09. The van der Waals surface area contributed by atoms with E-state index in [0.717, 1.165) is 38.5 Å². The molecule has 1 fully saturated rings. The first-order valence-corrected chi connectivity index (χ1v) is 23.3. The Bertz CT molecular complexity index is 985. The Morgan fingerprint density at radius 2 is 0.818 bits per heavy atom. The molecule has 0 aliphatic heterocycles. The zero-order valence-corrected chi connectivity index (χ0v) is 35.1. The zero-order chi connectivity index (χ0) is 40.7. The van der Waals surface area contributed by atoms with Crippen molar-refractivity contribution in [2.24, 2.45) is 0 Å². The summed E-state index contributed by atoms with van der Waals surface area (Å²) in [7, 11) is -5.10. The molecule has 0 saturated heterocycles. The van der Waals surface area contributed by atoms with E-state index < -0.39 is 75.7 Å². The summed E-state index contributed by atoms with van der Waals surface area (Å²) in [5, 5.41) is 50.0. The van der Waals surface area contributed by atoms with Crippen molar-refractivity contribution in [3.8, 4) is 0 Å². The number of hydrogen-bond donors (Lipinski definition) is 6. The van der Waals surface area contributed by atoms with Crippen LogP contribution in [0.5, 0.6) is 0 Å². The molecule has 0 amide bonds. The second kappa shape index (κ2) is 32.8. The molecule has 0 heterocycles. The highest BCUT2D eigenvalue weighted by Gasteiger charge is 2.51. The van der Waals surface area contributed by atoms with Crippen molar-refractivity contribution in [1.82, 2.24) is 0 Å². The van der Waals surface area contributed by atoms with Crippen LogP contribution in [0.2, 0.25) is 0 Å². The molecule has 326 valence electrons. The first-order valence-electron chi connectivity index (χ1n) is 21.8. The number of phosphoric ester groups is 1. The van der Waals surface area contributed by atoms with Gasteiger partial charge in [0.05, 0.1) is 6.61 Å². The quantitative estimate of drug-likeness (QED) is 0.0204. The van der Waals surface area contributed by atoms with Crippen molar-refractivity contribution < 1.29 is 63.1 Å². The minimum absolute atomic E-state index is 0.104. The van der Waals surface area contributed by atoms with Gasteiger partial charge in [-0.25, -0.2) is 4.57 Å². The van der Waals surface area contributed by atoms with E-state index in [1.807, 2.05) is 0 Å². The van der Waals surface area contributed by atoms with Crippen LogP contribution in [0.1, 0.15) is 194 Å². The first kappa shape index (κ1) is 51.9. The van der Waals surface area contributed by atoms with Gasteiger partial charge in [-0.05, 0) is 12.8 Å². The molecule has 6 N–H and O–H groups in total. The van der Waals surface area contributed by atoms with Gasteiger partial charge in [0, 0.05) is 12.8 Å². The molecule has 1 rings (SSSR count). The van der Waals surface area contributed by atoms with Gasteiger partial charge in [-0.3, -0.25) is 18.6 Å². The van der Waals surface area contributed by atoms with Gasteiger partial charge in [0.25, 0.3) is 0 Å². The number of aliphatic hydroxyl groups is 5.